The van der Waals surface area contributed by atoms with Crippen molar-refractivity contribution in [2.75, 3.05) is 0 Å². The molecule has 20 nitrogen and oxygen atoms in total. The second kappa shape index (κ2) is 37.9. The standard InChI is InChI=1S/C12H13N.C10H11N3.C7H8F3N.C6H7F3N2.C6H9N3.C6H8O.C6H8S.C5H6F3N3.C5H7N3.C4H6N2O/c1-10-8-9-11(2)13(10)12-6-4-3-5-7-12;1-8-11-12-9(2)13(8)10-6-4-3-5-7-10;1-5-3-4-6(2)11(5)7(8,9)10;1-4-3-5(2)11(10-4)6(7,8)9;1-4-7-5(2)9-6(3)8-4;2*1-5-3-4-6(2)7-5;1-3-9-10-4(2)11(3)5(6,7)8;1-4-6-3-7-5(2)8-4;1-3-5-6-4(2)7-3/h3-9H,1-2H3;3-7H,1-2H3;3-4H,1-2H3;3H,1-2H3;1-3H3;2*3-4H,1-2H3;1-2H3;3H,1-2H3;1-2H3. The van der Waals surface area contributed by atoms with Crippen LogP contribution in [0, 0.1) is 145 Å². The molecule has 0 N–H and O–H groups in total. The van der Waals surface area contributed by atoms with Crippen molar-refractivity contribution in [1.82, 2.24) is 88.5 Å². The first kappa shape index (κ1) is 81.2. The van der Waals surface area contributed by atoms with Crippen LogP contribution in [0.15, 0.2) is 130 Å². The smallest absolute Gasteiger partial charge is 0.467 e. The summed E-state index contributed by atoms with van der Waals surface area (Å²) < 4.78 is 123. The molecule has 0 saturated carbocycles. The van der Waals surface area contributed by atoms with Crippen LogP contribution < -0.4 is 0 Å². The van der Waals surface area contributed by atoms with Crippen LogP contribution in [0.5, 0.6) is 0 Å². The molecule has 30 heteroatoms. The van der Waals surface area contributed by atoms with Gasteiger partial charge in [-0.05, 0) is 210 Å². The Balaban J connectivity index is 0.000000283. The van der Waals surface area contributed by atoms with Gasteiger partial charge in [0.25, 0.3) is 0 Å². The summed E-state index contributed by atoms with van der Waals surface area (Å²) >= 11 is 1.84. The summed E-state index contributed by atoms with van der Waals surface area (Å²) in [5.41, 5.74) is 5.83. The third-order valence-corrected chi connectivity index (χ3v) is 13.4. The van der Waals surface area contributed by atoms with Gasteiger partial charge >= 0.3 is 18.9 Å². The van der Waals surface area contributed by atoms with Crippen molar-refractivity contribution < 1.29 is 48.3 Å². The molecule has 12 aromatic rings. The lowest BCUT2D eigenvalue weighted by atomic mass is 10.3. The van der Waals surface area contributed by atoms with Crippen LogP contribution in [-0.4, -0.2) is 88.5 Å². The lowest BCUT2D eigenvalue weighted by Gasteiger charge is -2.12. The number of halogens is 9. The molecule has 0 saturated heterocycles. The minimum Gasteiger partial charge on any atom is -0.467 e. The Hall–Kier alpha value is -10.00. The number of aryl methyl sites for hydroxylation is 21. The fourth-order valence-corrected chi connectivity index (χ4v) is 9.42. The summed E-state index contributed by atoms with van der Waals surface area (Å²) in [6.45, 7) is 37.3. The zero-order valence-electron chi connectivity index (χ0n) is 58.2. The summed E-state index contributed by atoms with van der Waals surface area (Å²) in [7, 11) is 0. The van der Waals surface area contributed by atoms with E-state index < -0.39 is 18.9 Å². The first-order chi connectivity index (χ1) is 45.2. The van der Waals surface area contributed by atoms with Crippen molar-refractivity contribution in [3.05, 3.63) is 241 Å². The minimum absolute atomic E-state index is 0.0579. The molecule has 10 aromatic heterocycles. The molecule has 0 unspecified atom stereocenters. The number of hydrogen-bond donors (Lipinski definition) is 0. The zero-order chi connectivity index (χ0) is 73.1. The van der Waals surface area contributed by atoms with E-state index >= 15 is 0 Å². The van der Waals surface area contributed by atoms with Gasteiger partial charge in [0.1, 0.15) is 70.3 Å². The molecule has 2 aromatic carbocycles. The van der Waals surface area contributed by atoms with Gasteiger partial charge in [0.05, 0.1) is 5.69 Å². The van der Waals surface area contributed by atoms with Gasteiger partial charge in [0.15, 0.2) is 0 Å². The van der Waals surface area contributed by atoms with Crippen LogP contribution >= 0.6 is 11.3 Å². The minimum atomic E-state index is -4.41. The van der Waals surface area contributed by atoms with Gasteiger partial charge in [-0.1, -0.05) is 36.4 Å². The molecule has 97 heavy (non-hydrogen) atoms. The number of furan rings is 1. The topological polar surface area (TPSA) is 218 Å². The number of hydrogen-bond acceptors (Lipinski definition) is 16. The van der Waals surface area contributed by atoms with E-state index in [9.17, 15) is 39.5 Å². The summed E-state index contributed by atoms with van der Waals surface area (Å²) in [6, 6.07) is 37.3. The molecule has 0 amide bonds. The van der Waals surface area contributed by atoms with Crippen molar-refractivity contribution >= 4 is 11.3 Å². The fraction of sp³-hybridized carbons (Fsp3) is 0.358. The van der Waals surface area contributed by atoms with Crippen molar-refractivity contribution in [3.8, 4) is 11.4 Å². The molecule has 0 aliphatic carbocycles. The lowest BCUT2D eigenvalue weighted by Crippen LogP contribution is -2.19. The average Bonchev–Trinajstić information content (AvgIpc) is 1.74. The van der Waals surface area contributed by atoms with Gasteiger partial charge < -0.3 is 13.4 Å². The summed E-state index contributed by atoms with van der Waals surface area (Å²) in [5, 5.41) is 25.0. The predicted octanol–water partition coefficient (Wildman–Crippen LogP) is 17.1. The monoisotopic (exact) mass is 1370 g/mol. The molecule has 0 bridgehead atoms. The third kappa shape index (κ3) is 28.9. The van der Waals surface area contributed by atoms with Gasteiger partial charge in [0, 0.05) is 63.4 Å². The molecule has 0 aliphatic rings. The van der Waals surface area contributed by atoms with Crippen LogP contribution in [-0.2, 0) is 18.9 Å². The van der Waals surface area contributed by atoms with Crippen molar-refractivity contribution in [2.24, 2.45) is 0 Å². The van der Waals surface area contributed by atoms with E-state index in [4.69, 9.17) is 8.83 Å². The highest BCUT2D eigenvalue weighted by atomic mass is 32.1. The van der Waals surface area contributed by atoms with Crippen molar-refractivity contribution in [2.45, 2.75) is 164 Å². The number of nitrogens with zero attached hydrogens (tertiary/aromatic N) is 18. The highest BCUT2D eigenvalue weighted by molar-refractivity contribution is 7.11. The maximum Gasteiger partial charge on any atom is 0.504 e. The Bertz CT molecular complexity index is 3820. The van der Waals surface area contributed by atoms with E-state index in [-0.39, 0.29) is 38.0 Å². The van der Waals surface area contributed by atoms with E-state index in [1.807, 2.05) is 127 Å². The van der Waals surface area contributed by atoms with Crippen molar-refractivity contribution in [1.29, 1.82) is 0 Å². The normalized spacial score (nSPS) is 10.6. The van der Waals surface area contributed by atoms with Gasteiger partial charge in [0.2, 0.25) is 11.8 Å². The van der Waals surface area contributed by atoms with E-state index in [0.717, 1.165) is 58.0 Å². The fourth-order valence-electron chi connectivity index (χ4n) is 8.64. The van der Waals surface area contributed by atoms with E-state index in [1.165, 1.54) is 92.9 Å². The zero-order valence-corrected chi connectivity index (χ0v) is 59.0. The highest BCUT2D eigenvalue weighted by Gasteiger charge is 2.35. The quantitative estimate of drug-likeness (QED) is 0.147. The average molecular weight is 1380 g/mol. The molecule has 522 valence electrons. The van der Waals surface area contributed by atoms with Crippen LogP contribution in [0.2, 0.25) is 0 Å². The maximum atomic E-state index is 12.1. The Labute approximate surface area is 562 Å². The van der Waals surface area contributed by atoms with Gasteiger partial charge in [-0.2, -0.15) is 9.78 Å². The lowest BCUT2D eigenvalue weighted by molar-refractivity contribution is -0.213. The van der Waals surface area contributed by atoms with Crippen LogP contribution in [0.4, 0.5) is 39.5 Å². The first-order valence-electron chi connectivity index (χ1n) is 29.7. The van der Waals surface area contributed by atoms with Crippen LogP contribution in [0.1, 0.15) is 120 Å². The molecule has 0 radical (unpaired) electrons. The molecule has 10 heterocycles. The van der Waals surface area contributed by atoms with Crippen molar-refractivity contribution in [3.63, 3.8) is 0 Å². The van der Waals surface area contributed by atoms with Gasteiger partial charge in [-0.3, -0.25) is 9.13 Å². The number of para-hydroxylation sites is 2. The largest absolute Gasteiger partial charge is 0.504 e. The molecule has 0 aliphatic heterocycles. The molecule has 0 atom stereocenters. The van der Waals surface area contributed by atoms with E-state index in [2.05, 4.69) is 146 Å². The van der Waals surface area contributed by atoms with Crippen LogP contribution in [0.3, 0.4) is 0 Å². The molecular formula is C67H83F9N18O2S. The molecule has 12 rings (SSSR count). The maximum absolute atomic E-state index is 12.1. The number of rotatable bonds is 2. The summed E-state index contributed by atoms with van der Waals surface area (Å²) in [5.74, 6) is 8.69. The SMILES string of the molecule is Cc1cc(C)n(C(F)(F)F)n1.Cc1ccc(C)n1-c1ccccc1.Cc1ccc(C)n1C(F)(F)F.Cc1ccc(C)o1.Cc1ccc(C)s1.Cc1nc(C)nc(C)n1.Cc1ncnc(C)n1.Cc1nnc(C)n1-c1ccccc1.Cc1nnc(C)n1C(F)(F)F.Cc1nnc(C)o1. The van der Waals surface area contributed by atoms with E-state index in [0.29, 0.717) is 22.0 Å². The number of thiophene rings is 1. The van der Waals surface area contributed by atoms with Gasteiger partial charge in [-0.15, -0.1) is 81.4 Å². The number of aromatic nitrogens is 18. The first-order valence-corrected chi connectivity index (χ1v) is 30.5. The summed E-state index contributed by atoms with van der Waals surface area (Å²) in [6.07, 6.45) is -11.6. The highest BCUT2D eigenvalue weighted by Crippen LogP contribution is 2.27. The summed E-state index contributed by atoms with van der Waals surface area (Å²) in [4.78, 5) is 26.4. The second-order valence-electron chi connectivity index (χ2n) is 21.3. The Morgan fingerprint density at radius 2 is 0.701 bits per heavy atom. The number of benzene rings is 2. The molecule has 0 spiro atoms. The van der Waals surface area contributed by atoms with E-state index in [1.54, 1.807) is 13.8 Å². The number of alkyl halides is 9. The molecule has 0 fully saturated rings. The van der Waals surface area contributed by atoms with Crippen LogP contribution in [0.25, 0.3) is 11.4 Å². The third-order valence-electron chi connectivity index (χ3n) is 12.5. The second-order valence-corrected chi connectivity index (χ2v) is 22.8. The Kier molecular flexibility index (Phi) is 31.8. The Morgan fingerprint density at radius 3 is 0.948 bits per heavy atom. The predicted molar refractivity (Wildman–Crippen MR) is 354 cm³/mol. The Morgan fingerprint density at radius 1 is 0.340 bits per heavy atom. The van der Waals surface area contributed by atoms with Gasteiger partial charge in [-0.25, -0.2) is 34.5 Å². The molecular weight excluding hydrogens is 1290 g/mol.